The number of rotatable bonds is 4. The number of ether oxygens (including phenoxy) is 1. The lowest BCUT2D eigenvalue weighted by atomic mass is 10.1. The maximum absolute atomic E-state index is 11.1. The molecule has 0 atom stereocenters. The molecule has 0 saturated carbocycles. The summed E-state index contributed by atoms with van der Waals surface area (Å²) in [6.45, 7) is 2.10. The SMILES string of the molecule is Cc1ccc(C(=O)O)c(OCc2ccc(Br)cc2Cl)c1. The molecule has 0 aliphatic rings. The first-order chi connectivity index (χ1) is 9.47. The van der Waals surface area contributed by atoms with Crippen LogP contribution in [0.4, 0.5) is 0 Å². The zero-order chi connectivity index (χ0) is 14.7. The summed E-state index contributed by atoms with van der Waals surface area (Å²) in [5.41, 5.74) is 1.88. The van der Waals surface area contributed by atoms with Gasteiger partial charge in [-0.1, -0.05) is 39.7 Å². The average Bonchev–Trinajstić information content (AvgIpc) is 2.37. The number of hydrogen-bond donors (Lipinski definition) is 1. The molecule has 0 spiro atoms. The molecule has 0 aromatic heterocycles. The molecule has 0 unspecified atom stereocenters. The molecule has 5 heteroatoms. The fourth-order valence-corrected chi connectivity index (χ4v) is 2.45. The Morgan fingerprint density at radius 3 is 2.70 bits per heavy atom. The molecule has 2 rings (SSSR count). The molecule has 0 aliphatic heterocycles. The van der Waals surface area contributed by atoms with Crippen molar-refractivity contribution in [2.24, 2.45) is 0 Å². The Balaban J connectivity index is 2.22. The standard InChI is InChI=1S/C15H12BrClO3/c1-9-2-5-12(15(18)19)14(6-9)20-8-10-3-4-11(16)7-13(10)17/h2-7H,8H2,1H3,(H,18,19). The van der Waals surface area contributed by atoms with Crippen molar-refractivity contribution < 1.29 is 14.6 Å². The molecular weight excluding hydrogens is 344 g/mol. The molecule has 0 fully saturated rings. The van der Waals surface area contributed by atoms with Crippen LogP contribution in [-0.4, -0.2) is 11.1 Å². The van der Waals surface area contributed by atoms with E-state index in [1.165, 1.54) is 6.07 Å². The lowest BCUT2D eigenvalue weighted by Crippen LogP contribution is -2.04. The number of halogens is 2. The minimum atomic E-state index is -1.01. The van der Waals surface area contributed by atoms with Gasteiger partial charge in [0.1, 0.15) is 17.9 Å². The molecule has 3 nitrogen and oxygen atoms in total. The van der Waals surface area contributed by atoms with Crippen LogP contribution in [0.15, 0.2) is 40.9 Å². The first-order valence-electron chi connectivity index (χ1n) is 5.88. The first kappa shape index (κ1) is 14.9. The van der Waals surface area contributed by atoms with Crippen molar-refractivity contribution in [1.29, 1.82) is 0 Å². The number of aryl methyl sites for hydroxylation is 1. The predicted molar refractivity (Wildman–Crippen MR) is 81.6 cm³/mol. The minimum absolute atomic E-state index is 0.142. The van der Waals surface area contributed by atoms with E-state index in [1.54, 1.807) is 18.2 Å². The van der Waals surface area contributed by atoms with E-state index in [2.05, 4.69) is 15.9 Å². The predicted octanol–water partition coefficient (Wildman–Crippen LogP) is 4.69. The molecule has 0 heterocycles. The van der Waals surface area contributed by atoms with E-state index in [0.717, 1.165) is 15.6 Å². The number of carboxylic acid groups (broad SMARTS) is 1. The topological polar surface area (TPSA) is 46.5 Å². The van der Waals surface area contributed by atoms with Crippen molar-refractivity contribution in [2.75, 3.05) is 0 Å². The number of carbonyl (C=O) groups is 1. The minimum Gasteiger partial charge on any atom is -0.488 e. The van der Waals surface area contributed by atoms with E-state index in [1.807, 2.05) is 19.1 Å². The summed E-state index contributed by atoms with van der Waals surface area (Å²) in [6, 6.07) is 10.4. The van der Waals surface area contributed by atoms with Crippen LogP contribution in [0.3, 0.4) is 0 Å². The third-order valence-corrected chi connectivity index (χ3v) is 3.61. The highest BCUT2D eigenvalue weighted by atomic mass is 79.9. The zero-order valence-corrected chi connectivity index (χ0v) is 13.0. The van der Waals surface area contributed by atoms with Crippen molar-refractivity contribution in [2.45, 2.75) is 13.5 Å². The van der Waals surface area contributed by atoms with Crippen molar-refractivity contribution in [3.8, 4) is 5.75 Å². The van der Waals surface area contributed by atoms with Crippen LogP contribution in [-0.2, 0) is 6.61 Å². The van der Waals surface area contributed by atoms with Gasteiger partial charge in [-0.3, -0.25) is 0 Å². The van der Waals surface area contributed by atoms with E-state index in [-0.39, 0.29) is 12.2 Å². The average molecular weight is 356 g/mol. The van der Waals surface area contributed by atoms with Gasteiger partial charge in [0, 0.05) is 15.1 Å². The summed E-state index contributed by atoms with van der Waals surface area (Å²) in [6.07, 6.45) is 0. The summed E-state index contributed by atoms with van der Waals surface area (Å²) in [4.78, 5) is 11.1. The highest BCUT2D eigenvalue weighted by Crippen LogP contribution is 2.25. The summed E-state index contributed by atoms with van der Waals surface area (Å²) in [7, 11) is 0. The third-order valence-electron chi connectivity index (χ3n) is 2.77. The van der Waals surface area contributed by atoms with Gasteiger partial charge in [0.2, 0.25) is 0 Å². The van der Waals surface area contributed by atoms with E-state index in [9.17, 15) is 4.79 Å². The highest BCUT2D eigenvalue weighted by Gasteiger charge is 2.12. The second-order valence-electron chi connectivity index (χ2n) is 4.33. The Kier molecular flexibility index (Phi) is 4.68. The largest absolute Gasteiger partial charge is 0.488 e. The summed E-state index contributed by atoms with van der Waals surface area (Å²) in [5, 5.41) is 9.71. The van der Waals surface area contributed by atoms with Crippen molar-refractivity contribution in [1.82, 2.24) is 0 Å². The quantitative estimate of drug-likeness (QED) is 0.865. The second-order valence-corrected chi connectivity index (χ2v) is 5.65. The Morgan fingerprint density at radius 2 is 2.05 bits per heavy atom. The Hall–Kier alpha value is -1.52. The monoisotopic (exact) mass is 354 g/mol. The number of benzene rings is 2. The van der Waals surface area contributed by atoms with Crippen molar-refractivity contribution >= 4 is 33.5 Å². The summed E-state index contributed by atoms with van der Waals surface area (Å²) < 4.78 is 6.49. The Morgan fingerprint density at radius 1 is 1.30 bits per heavy atom. The van der Waals surface area contributed by atoms with Crippen LogP contribution in [0.25, 0.3) is 0 Å². The molecule has 0 saturated heterocycles. The summed E-state index contributed by atoms with van der Waals surface area (Å²) >= 11 is 9.43. The fraction of sp³-hybridized carbons (Fsp3) is 0.133. The molecule has 20 heavy (non-hydrogen) atoms. The Labute approximate surface area is 130 Å². The molecule has 0 radical (unpaired) electrons. The van der Waals surface area contributed by atoms with Crippen LogP contribution < -0.4 is 4.74 Å². The molecular formula is C15H12BrClO3. The molecule has 1 N–H and O–H groups in total. The molecule has 0 amide bonds. The number of carboxylic acids is 1. The van der Waals surface area contributed by atoms with Crippen molar-refractivity contribution in [3.05, 3.63) is 62.6 Å². The van der Waals surface area contributed by atoms with Crippen LogP contribution >= 0.6 is 27.5 Å². The third kappa shape index (κ3) is 3.52. The molecule has 104 valence electrons. The normalized spacial score (nSPS) is 10.3. The lowest BCUT2D eigenvalue weighted by Gasteiger charge is -2.11. The van der Waals surface area contributed by atoms with Gasteiger partial charge >= 0.3 is 5.97 Å². The van der Waals surface area contributed by atoms with Crippen LogP contribution in [0.1, 0.15) is 21.5 Å². The Bertz CT molecular complexity index is 656. The van der Waals surface area contributed by atoms with Gasteiger partial charge < -0.3 is 9.84 Å². The van der Waals surface area contributed by atoms with Gasteiger partial charge in [-0.25, -0.2) is 4.79 Å². The second kappa shape index (κ2) is 6.29. The maximum Gasteiger partial charge on any atom is 0.339 e. The maximum atomic E-state index is 11.1. The van der Waals surface area contributed by atoms with E-state index in [0.29, 0.717) is 10.8 Å². The van der Waals surface area contributed by atoms with Crippen LogP contribution in [0, 0.1) is 6.92 Å². The highest BCUT2D eigenvalue weighted by molar-refractivity contribution is 9.10. The van der Waals surface area contributed by atoms with Gasteiger partial charge in [-0.15, -0.1) is 0 Å². The van der Waals surface area contributed by atoms with Gasteiger partial charge in [-0.2, -0.15) is 0 Å². The van der Waals surface area contributed by atoms with Gasteiger partial charge in [0.05, 0.1) is 0 Å². The van der Waals surface area contributed by atoms with Crippen molar-refractivity contribution in [3.63, 3.8) is 0 Å². The van der Waals surface area contributed by atoms with Gasteiger partial charge in [-0.05, 0) is 36.8 Å². The molecule has 2 aromatic carbocycles. The first-order valence-corrected chi connectivity index (χ1v) is 7.05. The van der Waals surface area contributed by atoms with Gasteiger partial charge in [0.15, 0.2) is 0 Å². The lowest BCUT2D eigenvalue weighted by molar-refractivity contribution is 0.0692. The number of hydrogen-bond acceptors (Lipinski definition) is 2. The number of aromatic carboxylic acids is 1. The summed E-state index contributed by atoms with van der Waals surface area (Å²) in [5.74, 6) is -0.668. The van der Waals surface area contributed by atoms with E-state index < -0.39 is 5.97 Å². The smallest absolute Gasteiger partial charge is 0.339 e. The molecule has 0 bridgehead atoms. The van der Waals surface area contributed by atoms with E-state index >= 15 is 0 Å². The van der Waals surface area contributed by atoms with Crippen LogP contribution in [0.5, 0.6) is 5.75 Å². The van der Waals surface area contributed by atoms with E-state index in [4.69, 9.17) is 21.4 Å². The van der Waals surface area contributed by atoms with Gasteiger partial charge in [0.25, 0.3) is 0 Å². The molecule has 0 aliphatic carbocycles. The zero-order valence-electron chi connectivity index (χ0n) is 10.7. The van der Waals surface area contributed by atoms with Crippen LogP contribution in [0.2, 0.25) is 5.02 Å². The molecule has 2 aromatic rings. The fourth-order valence-electron chi connectivity index (χ4n) is 1.72.